The van der Waals surface area contributed by atoms with E-state index in [0.29, 0.717) is 0 Å². The van der Waals surface area contributed by atoms with Gasteiger partial charge in [-0.1, -0.05) is 18.9 Å². The van der Waals surface area contributed by atoms with Crippen molar-refractivity contribution in [1.29, 1.82) is 0 Å². The third kappa shape index (κ3) is 4.52. The van der Waals surface area contributed by atoms with E-state index in [1.54, 1.807) is 0 Å². The predicted octanol–water partition coefficient (Wildman–Crippen LogP) is 3.21. The van der Waals surface area contributed by atoms with Crippen LogP contribution in [0.3, 0.4) is 0 Å². The van der Waals surface area contributed by atoms with E-state index >= 15 is 0 Å². The zero-order valence-electron chi connectivity index (χ0n) is 14.7. The minimum Gasteiger partial charge on any atom is -0.322 e. The lowest BCUT2D eigenvalue weighted by molar-refractivity contribution is -0.387. The lowest BCUT2D eigenvalue weighted by Gasteiger charge is -2.13. The third-order valence-corrected chi connectivity index (χ3v) is 6.00. The Morgan fingerprint density at radius 3 is 2.54 bits per heavy atom. The zero-order valence-corrected chi connectivity index (χ0v) is 15.5. The zero-order chi connectivity index (χ0) is 20.3. The molecule has 1 saturated carbocycles. The van der Waals surface area contributed by atoms with Gasteiger partial charge in [-0.2, -0.15) is 4.39 Å². The maximum Gasteiger partial charge on any atom is 0.306 e. The molecule has 0 unspecified atom stereocenters. The Bertz CT molecular complexity index is 1020. The highest BCUT2D eigenvalue weighted by Crippen LogP contribution is 2.23. The summed E-state index contributed by atoms with van der Waals surface area (Å²) in [5, 5.41) is 13.2. The van der Waals surface area contributed by atoms with Crippen molar-refractivity contribution in [3.63, 3.8) is 0 Å². The number of benzene rings is 2. The number of halogens is 1. The number of nitro groups is 1. The summed E-state index contributed by atoms with van der Waals surface area (Å²) in [4.78, 5) is 22.3. The fraction of sp³-hybridized carbons (Fsp3) is 0.278. The molecule has 0 spiro atoms. The van der Waals surface area contributed by atoms with Gasteiger partial charge in [-0.3, -0.25) is 14.9 Å². The summed E-state index contributed by atoms with van der Waals surface area (Å²) in [5.41, 5.74) is -0.688. The molecule has 0 saturated heterocycles. The Morgan fingerprint density at radius 2 is 1.86 bits per heavy atom. The van der Waals surface area contributed by atoms with Crippen molar-refractivity contribution in [3.8, 4) is 0 Å². The number of amides is 1. The highest BCUT2D eigenvalue weighted by atomic mass is 32.2. The molecule has 1 fully saturated rings. The number of nitro benzene ring substituents is 1. The molecule has 148 valence electrons. The topological polar surface area (TPSA) is 118 Å². The van der Waals surface area contributed by atoms with Crippen LogP contribution in [0.1, 0.15) is 36.0 Å². The molecule has 1 aliphatic rings. The summed E-state index contributed by atoms with van der Waals surface area (Å²) in [6.45, 7) is 0. The molecule has 0 atom stereocenters. The molecule has 3 rings (SSSR count). The first-order valence-electron chi connectivity index (χ1n) is 8.64. The molecule has 0 radical (unpaired) electrons. The standard InChI is InChI=1S/C18H18FN3O5S/c19-16-9-8-14(11-17(16)22(24)25)20-18(23)12-4-3-7-15(10-12)28(26,27)21-13-5-1-2-6-13/h3-4,7-11,13,21H,1-2,5-6H2,(H,20,23). The Kier molecular flexibility index (Phi) is 5.71. The van der Waals surface area contributed by atoms with E-state index in [1.807, 2.05) is 0 Å². The molecule has 1 aliphatic carbocycles. The van der Waals surface area contributed by atoms with Crippen molar-refractivity contribution in [2.24, 2.45) is 0 Å². The Labute approximate surface area is 161 Å². The van der Waals surface area contributed by atoms with Crippen LogP contribution in [0, 0.1) is 15.9 Å². The van der Waals surface area contributed by atoms with Crippen LogP contribution in [-0.2, 0) is 10.0 Å². The Morgan fingerprint density at radius 1 is 1.14 bits per heavy atom. The number of nitrogens with zero attached hydrogens (tertiary/aromatic N) is 1. The number of carbonyl (C=O) groups is 1. The second-order valence-electron chi connectivity index (χ2n) is 6.51. The van der Waals surface area contributed by atoms with Gasteiger partial charge < -0.3 is 5.32 Å². The van der Waals surface area contributed by atoms with Gasteiger partial charge in [0.2, 0.25) is 15.8 Å². The van der Waals surface area contributed by atoms with Gasteiger partial charge in [0, 0.05) is 23.4 Å². The van der Waals surface area contributed by atoms with E-state index < -0.39 is 32.4 Å². The summed E-state index contributed by atoms with van der Waals surface area (Å²) in [7, 11) is -3.77. The van der Waals surface area contributed by atoms with Gasteiger partial charge in [0.25, 0.3) is 5.91 Å². The molecular formula is C18H18FN3O5S. The molecule has 2 aromatic carbocycles. The molecule has 0 aromatic heterocycles. The van der Waals surface area contributed by atoms with Gasteiger partial charge in [0.05, 0.1) is 9.82 Å². The van der Waals surface area contributed by atoms with Gasteiger partial charge in [-0.15, -0.1) is 0 Å². The van der Waals surface area contributed by atoms with Crippen molar-refractivity contribution in [2.45, 2.75) is 36.6 Å². The number of anilines is 1. The highest BCUT2D eigenvalue weighted by molar-refractivity contribution is 7.89. The second kappa shape index (κ2) is 8.03. The minimum absolute atomic E-state index is 0.0236. The predicted molar refractivity (Wildman–Crippen MR) is 100 cm³/mol. The van der Waals surface area contributed by atoms with E-state index in [1.165, 1.54) is 30.3 Å². The quantitative estimate of drug-likeness (QED) is 0.563. The summed E-state index contributed by atoms with van der Waals surface area (Å²) in [6, 6.07) is 8.31. The average molecular weight is 407 g/mol. The summed E-state index contributed by atoms with van der Waals surface area (Å²) in [5.74, 6) is -1.69. The van der Waals surface area contributed by atoms with E-state index in [2.05, 4.69) is 10.0 Å². The van der Waals surface area contributed by atoms with Gasteiger partial charge in [-0.25, -0.2) is 13.1 Å². The molecule has 0 aliphatic heterocycles. The lowest BCUT2D eigenvalue weighted by Crippen LogP contribution is -2.32. The number of nitrogens with one attached hydrogen (secondary N) is 2. The SMILES string of the molecule is O=C(Nc1ccc(F)c([N+](=O)[O-])c1)c1cccc(S(=O)(=O)NC2CCCC2)c1. The fourth-order valence-electron chi connectivity index (χ4n) is 3.07. The number of hydrogen-bond acceptors (Lipinski definition) is 5. The van der Waals surface area contributed by atoms with Crippen LogP contribution in [-0.4, -0.2) is 25.3 Å². The molecule has 0 bridgehead atoms. The Balaban J connectivity index is 1.79. The third-order valence-electron chi connectivity index (χ3n) is 4.48. The smallest absolute Gasteiger partial charge is 0.306 e. The van der Waals surface area contributed by atoms with Crippen LogP contribution < -0.4 is 10.0 Å². The molecule has 2 N–H and O–H groups in total. The van der Waals surface area contributed by atoms with E-state index in [9.17, 15) is 27.7 Å². The van der Waals surface area contributed by atoms with Crippen LogP contribution in [0.2, 0.25) is 0 Å². The van der Waals surface area contributed by atoms with Crippen molar-refractivity contribution < 1.29 is 22.5 Å². The molecule has 10 heteroatoms. The summed E-state index contributed by atoms with van der Waals surface area (Å²) in [6.07, 6.45) is 3.50. The van der Waals surface area contributed by atoms with Gasteiger partial charge in [-0.05, 0) is 43.2 Å². The number of carbonyl (C=O) groups excluding carboxylic acids is 1. The molecule has 0 heterocycles. The molecule has 1 amide bonds. The van der Waals surface area contributed by atoms with E-state index in [4.69, 9.17) is 0 Å². The lowest BCUT2D eigenvalue weighted by atomic mass is 10.2. The largest absolute Gasteiger partial charge is 0.322 e. The average Bonchev–Trinajstić information content (AvgIpc) is 3.15. The van der Waals surface area contributed by atoms with Crippen LogP contribution in [0.5, 0.6) is 0 Å². The van der Waals surface area contributed by atoms with Crippen LogP contribution in [0.15, 0.2) is 47.4 Å². The minimum atomic E-state index is -3.77. The molecule has 28 heavy (non-hydrogen) atoms. The molecular weight excluding hydrogens is 389 g/mol. The van der Waals surface area contributed by atoms with E-state index in [-0.39, 0.29) is 22.2 Å². The number of rotatable bonds is 6. The van der Waals surface area contributed by atoms with E-state index in [0.717, 1.165) is 37.8 Å². The fourth-order valence-corrected chi connectivity index (χ4v) is 4.42. The maximum atomic E-state index is 13.4. The first-order valence-corrected chi connectivity index (χ1v) is 10.1. The second-order valence-corrected chi connectivity index (χ2v) is 8.22. The number of hydrogen-bond donors (Lipinski definition) is 2. The number of sulfonamides is 1. The first kappa shape index (κ1) is 19.9. The van der Waals surface area contributed by atoms with Gasteiger partial charge in [0.15, 0.2) is 0 Å². The monoisotopic (exact) mass is 407 g/mol. The normalized spacial score (nSPS) is 14.8. The summed E-state index contributed by atoms with van der Waals surface area (Å²) >= 11 is 0. The Hall–Kier alpha value is -2.85. The van der Waals surface area contributed by atoms with Crippen molar-refractivity contribution in [1.82, 2.24) is 4.72 Å². The van der Waals surface area contributed by atoms with Crippen molar-refractivity contribution in [3.05, 3.63) is 64.0 Å². The van der Waals surface area contributed by atoms with Crippen LogP contribution >= 0.6 is 0 Å². The van der Waals surface area contributed by atoms with Gasteiger partial charge in [0.1, 0.15) is 0 Å². The first-order chi connectivity index (χ1) is 13.3. The van der Waals surface area contributed by atoms with Crippen LogP contribution in [0.25, 0.3) is 0 Å². The van der Waals surface area contributed by atoms with Crippen molar-refractivity contribution in [2.75, 3.05) is 5.32 Å². The summed E-state index contributed by atoms with van der Waals surface area (Å²) < 4.78 is 41.1. The highest BCUT2D eigenvalue weighted by Gasteiger charge is 2.23. The molecule has 8 nitrogen and oxygen atoms in total. The van der Waals surface area contributed by atoms with Crippen molar-refractivity contribution >= 4 is 27.3 Å². The van der Waals surface area contributed by atoms with Gasteiger partial charge >= 0.3 is 5.69 Å². The van der Waals surface area contributed by atoms with Crippen LogP contribution in [0.4, 0.5) is 15.8 Å². The molecule has 2 aromatic rings. The maximum absolute atomic E-state index is 13.4.